The molecule has 3 rings (SSSR count). The SMILES string of the molecule is CCCc1cc(=O)[nH]c(SCc2nc(-c3cccc(C)c3)oc2C)n1. The number of H-pyrrole nitrogens is 1. The van der Waals surface area contributed by atoms with Crippen LogP contribution in [0.5, 0.6) is 0 Å². The summed E-state index contributed by atoms with van der Waals surface area (Å²) in [6.07, 6.45) is 1.76. The number of aromatic amines is 1. The maximum Gasteiger partial charge on any atom is 0.251 e. The summed E-state index contributed by atoms with van der Waals surface area (Å²) in [7, 11) is 0. The van der Waals surface area contributed by atoms with Crippen LogP contribution in [0.4, 0.5) is 0 Å². The smallest absolute Gasteiger partial charge is 0.251 e. The van der Waals surface area contributed by atoms with Gasteiger partial charge in [-0.3, -0.25) is 4.79 Å². The summed E-state index contributed by atoms with van der Waals surface area (Å²) in [5.41, 5.74) is 3.71. The quantitative estimate of drug-likeness (QED) is 0.527. The number of thioether (sulfide) groups is 1. The topological polar surface area (TPSA) is 71.8 Å². The van der Waals surface area contributed by atoms with Gasteiger partial charge in [-0.2, -0.15) is 0 Å². The maximum absolute atomic E-state index is 11.7. The van der Waals surface area contributed by atoms with E-state index >= 15 is 0 Å². The molecule has 0 amide bonds. The third-order valence-electron chi connectivity index (χ3n) is 3.78. The zero-order valence-corrected chi connectivity index (χ0v) is 15.4. The number of nitrogens with one attached hydrogen (secondary N) is 1. The minimum Gasteiger partial charge on any atom is -0.441 e. The van der Waals surface area contributed by atoms with Gasteiger partial charge in [0.05, 0.1) is 5.69 Å². The van der Waals surface area contributed by atoms with Crippen LogP contribution in [0.3, 0.4) is 0 Å². The van der Waals surface area contributed by atoms with E-state index in [1.807, 2.05) is 32.0 Å². The fourth-order valence-corrected chi connectivity index (χ4v) is 3.43. The molecular formula is C19H21N3O2S. The Hall–Kier alpha value is -2.34. The van der Waals surface area contributed by atoms with Crippen molar-refractivity contribution in [1.82, 2.24) is 15.0 Å². The average molecular weight is 355 g/mol. The molecule has 25 heavy (non-hydrogen) atoms. The number of aryl methyl sites for hydroxylation is 3. The summed E-state index contributed by atoms with van der Waals surface area (Å²) >= 11 is 1.46. The molecule has 0 saturated heterocycles. The number of hydrogen-bond donors (Lipinski definition) is 1. The van der Waals surface area contributed by atoms with Crippen molar-refractivity contribution in [2.45, 2.75) is 44.5 Å². The molecule has 3 aromatic rings. The molecule has 2 aromatic heterocycles. The molecule has 0 radical (unpaired) electrons. The third-order valence-corrected chi connectivity index (χ3v) is 4.67. The van der Waals surface area contributed by atoms with Crippen LogP contribution in [0.25, 0.3) is 11.5 Å². The van der Waals surface area contributed by atoms with Gasteiger partial charge in [0.15, 0.2) is 5.16 Å². The van der Waals surface area contributed by atoms with Crippen molar-refractivity contribution < 1.29 is 4.42 Å². The Morgan fingerprint density at radius 1 is 1.20 bits per heavy atom. The Balaban J connectivity index is 1.77. The van der Waals surface area contributed by atoms with E-state index < -0.39 is 0 Å². The van der Waals surface area contributed by atoms with Crippen molar-refractivity contribution in [3.63, 3.8) is 0 Å². The number of aromatic nitrogens is 3. The molecule has 0 atom stereocenters. The van der Waals surface area contributed by atoms with E-state index in [4.69, 9.17) is 4.42 Å². The highest BCUT2D eigenvalue weighted by atomic mass is 32.2. The summed E-state index contributed by atoms with van der Waals surface area (Å²) < 4.78 is 5.81. The molecule has 1 N–H and O–H groups in total. The number of oxazole rings is 1. The second-order valence-corrected chi connectivity index (χ2v) is 6.94. The molecule has 130 valence electrons. The lowest BCUT2D eigenvalue weighted by molar-refractivity contribution is 0.540. The van der Waals surface area contributed by atoms with E-state index in [1.165, 1.54) is 17.3 Å². The van der Waals surface area contributed by atoms with Crippen LogP contribution < -0.4 is 5.56 Å². The first-order valence-corrected chi connectivity index (χ1v) is 9.30. The van der Waals surface area contributed by atoms with E-state index in [1.54, 1.807) is 6.07 Å². The van der Waals surface area contributed by atoms with Gasteiger partial charge in [-0.05, 0) is 32.4 Å². The molecule has 5 nitrogen and oxygen atoms in total. The van der Waals surface area contributed by atoms with Gasteiger partial charge < -0.3 is 9.40 Å². The van der Waals surface area contributed by atoms with Crippen LogP contribution in [-0.2, 0) is 12.2 Å². The zero-order valence-electron chi connectivity index (χ0n) is 14.6. The minimum atomic E-state index is -0.113. The van der Waals surface area contributed by atoms with E-state index in [0.29, 0.717) is 16.8 Å². The Morgan fingerprint density at radius 2 is 2.04 bits per heavy atom. The molecule has 0 bridgehead atoms. The molecule has 0 aliphatic carbocycles. The Bertz CT molecular complexity index is 930. The number of hydrogen-bond acceptors (Lipinski definition) is 5. The average Bonchev–Trinajstić information content (AvgIpc) is 2.94. The Labute approximate surface area is 150 Å². The third kappa shape index (κ3) is 4.39. The number of benzene rings is 1. The molecule has 0 fully saturated rings. The van der Waals surface area contributed by atoms with Gasteiger partial charge in [0.25, 0.3) is 5.56 Å². The van der Waals surface area contributed by atoms with E-state index in [-0.39, 0.29) is 5.56 Å². The van der Waals surface area contributed by atoms with E-state index in [0.717, 1.165) is 35.6 Å². The first-order valence-electron chi connectivity index (χ1n) is 8.31. The van der Waals surface area contributed by atoms with E-state index in [2.05, 4.69) is 27.9 Å². The van der Waals surface area contributed by atoms with Crippen LogP contribution in [0.2, 0.25) is 0 Å². The molecule has 0 aliphatic rings. The van der Waals surface area contributed by atoms with Gasteiger partial charge in [0.2, 0.25) is 5.89 Å². The first kappa shape index (κ1) is 17.5. The largest absolute Gasteiger partial charge is 0.441 e. The van der Waals surface area contributed by atoms with Gasteiger partial charge >= 0.3 is 0 Å². The summed E-state index contributed by atoms with van der Waals surface area (Å²) in [6.45, 7) is 6.02. The highest BCUT2D eigenvalue weighted by Gasteiger charge is 2.13. The van der Waals surface area contributed by atoms with Gasteiger partial charge in [-0.1, -0.05) is 42.8 Å². The summed E-state index contributed by atoms with van der Waals surface area (Å²) in [6, 6.07) is 9.64. The lowest BCUT2D eigenvalue weighted by Gasteiger charge is -2.02. The van der Waals surface area contributed by atoms with Crippen molar-refractivity contribution in [3.8, 4) is 11.5 Å². The van der Waals surface area contributed by atoms with Crippen LogP contribution >= 0.6 is 11.8 Å². The standard InChI is InChI=1S/C19H21N3O2S/c1-4-6-15-10-17(23)22-19(20-15)25-11-16-13(3)24-18(21-16)14-8-5-7-12(2)9-14/h5,7-10H,4,6,11H2,1-3H3,(H,20,22,23). The molecule has 2 heterocycles. The maximum atomic E-state index is 11.7. The van der Waals surface area contributed by atoms with Crippen LogP contribution in [0.15, 0.2) is 44.7 Å². The van der Waals surface area contributed by atoms with Crippen LogP contribution in [0, 0.1) is 13.8 Å². The van der Waals surface area contributed by atoms with Crippen molar-refractivity contribution >= 4 is 11.8 Å². The molecule has 1 aromatic carbocycles. The van der Waals surface area contributed by atoms with Gasteiger partial charge in [0.1, 0.15) is 5.76 Å². The summed E-state index contributed by atoms with van der Waals surface area (Å²) in [5, 5.41) is 0.621. The van der Waals surface area contributed by atoms with Crippen LogP contribution in [0.1, 0.15) is 36.1 Å². The Morgan fingerprint density at radius 3 is 2.80 bits per heavy atom. The fourth-order valence-electron chi connectivity index (χ4n) is 2.54. The second kappa shape index (κ2) is 7.70. The summed E-state index contributed by atoms with van der Waals surface area (Å²) in [5.74, 6) is 2.01. The highest BCUT2D eigenvalue weighted by molar-refractivity contribution is 7.98. The first-order chi connectivity index (χ1) is 12.0. The zero-order chi connectivity index (χ0) is 17.8. The molecule has 0 aliphatic heterocycles. The highest BCUT2D eigenvalue weighted by Crippen LogP contribution is 2.26. The van der Waals surface area contributed by atoms with Gasteiger partial charge in [0, 0.05) is 23.1 Å². The molecule has 6 heteroatoms. The van der Waals surface area contributed by atoms with Crippen LogP contribution in [-0.4, -0.2) is 15.0 Å². The van der Waals surface area contributed by atoms with Crippen molar-refractivity contribution in [1.29, 1.82) is 0 Å². The van der Waals surface area contributed by atoms with Crippen molar-refractivity contribution in [3.05, 3.63) is 63.4 Å². The predicted molar refractivity (Wildman–Crippen MR) is 99.8 cm³/mol. The lowest BCUT2D eigenvalue weighted by Crippen LogP contribution is -2.10. The lowest BCUT2D eigenvalue weighted by atomic mass is 10.1. The van der Waals surface area contributed by atoms with Gasteiger partial charge in [-0.25, -0.2) is 9.97 Å². The fraction of sp³-hybridized carbons (Fsp3) is 0.316. The number of rotatable bonds is 6. The van der Waals surface area contributed by atoms with Crippen molar-refractivity contribution in [2.24, 2.45) is 0 Å². The Kier molecular flexibility index (Phi) is 5.38. The molecule has 0 saturated carbocycles. The monoisotopic (exact) mass is 355 g/mol. The normalized spacial score (nSPS) is 11.0. The molecule has 0 unspecified atom stereocenters. The molecular weight excluding hydrogens is 334 g/mol. The predicted octanol–water partition coefficient (Wildman–Crippen LogP) is 4.29. The van der Waals surface area contributed by atoms with E-state index in [9.17, 15) is 4.79 Å². The number of nitrogens with zero attached hydrogens (tertiary/aromatic N) is 2. The summed E-state index contributed by atoms with van der Waals surface area (Å²) in [4.78, 5) is 23.6. The minimum absolute atomic E-state index is 0.113. The second-order valence-electron chi connectivity index (χ2n) is 5.97. The van der Waals surface area contributed by atoms with Gasteiger partial charge in [-0.15, -0.1) is 0 Å². The molecule has 0 spiro atoms. The van der Waals surface area contributed by atoms with Crippen molar-refractivity contribution in [2.75, 3.05) is 0 Å².